The van der Waals surface area contributed by atoms with E-state index in [9.17, 15) is 4.79 Å². The average molecular weight is 420 g/mol. The van der Waals surface area contributed by atoms with Crippen LogP contribution in [0, 0.1) is 0 Å². The number of aromatic nitrogens is 3. The number of nitrogens with zero attached hydrogens (tertiary/aromatic N) is 3. The van der Waals surface area contributed by atoms with Crippen LogP contribution in [0.25, 0.3) is 32.6 Å². The minimum absolute atomic E-state index is 0.134. The van der Waals surface area contributed by atoms with Crippen molar-refractivity contribution >= 4 is 27.5 Å². The molecular formula is C21H16N4O4S. The van der Waals surface area contributed by atoms with Crippen LogP contribution in [-0.4, -0.2) is 21.0 Å². The Morgan fingerprint density at radius 3 is 2.83 bits per heavy atom. The number of furan rings is 2. The number of benzene rings is 1. The number of amides is 1. The van der Waals surface area contributed by atoms with Crippen molar-refractivity contribution in [2.45, 2.75) is 19.4 Å². The molecule has 30 heavy (non-hydrogen) atoms. The lowest BCUT2D eigenvalue weighted by atomic mass is 10.3. The van der Waals surface area contributed by atoms with Gasteiger partial charge in [-0.15, -0.1) is 11.3 Å². The summed E-state index contributed by atoms with van der Waals surface area (Å²) in [7, 11) is 0. The van der Waals surface area contributed by atoms with Gasteiger partial charge in [0.05, 0.1) is 23.0 Å². The summed E-state index contributed by atoms with van der Waals surface area (Å²) >= 11 is 1.57. The lowest BCUT2D eigenvalue weighted by Crippen LogP contribution is -2.22. The second kappa shape index (κ2) is 7.96. The summed E-state index contributed by atoms with van der Waals surface area (Å²) in [5, 5.41) is 7.50. The van der Waals surface area contributed by atoms with Crippen molar-refractivity contribution in [1.29, 1.82) is 0 Å². The maximum atomic E-state index is 12.1. The Labute approximate surface area is 174 Å². The lowest BCUT2D eigenvalue weighted by Gasteiger charge is -2.01. The van der Waals surface area contributed by atoms with Gasteiger partial charge in [0.2, 0.25) is 17.6 Å². The number of rotatable bonds is 7. The Balaban J connectivity index is 1.14. The molecule has 1 N–H and O–H groups in total. The Hall–Kier alpha value is -3.72. The normalized spacial score (nSPS) is 11.2. The molecular weight excluding hydrogens is 404 g/mol. The fourth-order valence-corrected chi connectivity index (χ4v) is 3.85. The first-order valence-corrected chi connectivity index (χ1v) is 10.1. The van der Waals surface area contributed by atoms with E-state index in [4.69, 9.17) is 13.4 Å². The molecule has 0 aliphatic rings. The zero-order chi connectivity index (χ0) is 20.3. The van der Waals surface area contributed by atoms with Crippen LogP contribution in [0.2, 0.25) is 0 Å². The van der Waals surface area contributed by atoms with Crippen molar-refractivity contribution in [3.63, 3.8) is 0 Å². The van der Waals surface area contributed by atoms with Crippen molar-refractivity contribution in [1.82, 2.24) is 20.4 Å². The minimum Gasteiger partial charge on any atom is -0.461 e. The van der Waals surface area contributed by atoms with Gasteiger partial charge in [-0.1, -0.05) is 17.3 Å². The molecule has 0 aliphatic heterocycles. The number of para-hydroxylation sites is 1. The highest BCUT2D eigenvalue weighted by molar-refractivity contribution is 7.21. The van der Waals surface area contributed by atoms with Crippen LogP contribution >= 0.6 is 11.3 Å². The van der Waals surface area contributed by atoms with Crippen molar-refractivity contribution < 1.29 is 18.2 Å². The minimum atomic E-state index is -0.134. The molecule has 0 bridgehead atoms. The van der Waals surface area contributed by atoms with Crippen LogP contribution in [0.5, 0.6) is 0 Å². The zero-order valence-corrected chi connectivity index (χ0v) is 16.5. The second-order valence-corrected chi connectivity index (χ2v) is 7.55. The van der Waals surface area contributed by atoms with Crippen LogP contribution in [0.15, 0.2) is 68.2 Å². The smallest absolute Gasteiger partial charge is 0.238 e. The van der Waals surface area contributed by atoms with E-state index in [0.29, 0.717) is 42.0 Å². The molecule has 8 nitrogen and oxygen atoms in total. The molecule has 4 heterocycles. The van der Waals surface area contributed by atoms with Crippen LogP contribution in [0.4, 0.5) is 0 Å². The van der Waals surface area contributed by atoms with Gasteiger partial charge in [-0.3, -0.25) is 4.79 Å². The van der Waals surface area contributed by atoms with Gasteiger partial charge in [-0.25, -0.2) is 4.98 Å². The van der Waals surface area contributed by atoms with E-state index in [2.05, 4.69) is 20.4 Å². The molecule has 0 unspecified atom stereocenters. The van der Waals surface area contributed by atoms with E-state index in [0.717, 1.165) is 15.2 Å². The highest BCUT2D eigenvalue weighted by atomic mass is 32.1. The number of aryl methyl sites for hydroxylation is 1. The summed E-state index contributed by atoms with van der Waals surface area (Å²) in [5.41, 5.74) is 0.944. The van der Waals surface area contributed by atoms with E-state index in [1.54, 1.807) is 23.5 Å². The topological polar surface area (TPSA) is 107 Å². The standard InChI is InChI=1S/C21H16N4O4S/c26-18(9-10-19-24-20(25-29-19)15-5-3-11-27-15)22-12-13-7-8-16(28-13)21-23-14-4-1-2-6-17(14)30-21/h1-8,11H,9-10,12H2,(H,22,26). The lowest BCUT2D eigenvalue weighted by molar-refractivity contribution is -0.121. The summed E-state index contributed by atoms with van der Waals surface area (Å²) in [6.07, 6.45) is 2.11. The summed E-state index contributed by atoms with van der Waals surface area (Å²) < 4.78 is 17.3. The number of fused-ring (bicyclic) bond motifs is 1. The highest BCUT2D eigenvalue weighted by Crippen LogP contribution is 2.31. The molecule has 1 amide bonds. The predicted octanol–water partition coefficient (Wildman–Crippen LogP) is 4.45. The SMILES string of the molecule is O=C(CCc1nc(-c2ccco2)no1)NCc1ccc(-c2nc3ccccc3s2)o1. The van der Waals surface area contributed by atoms with E-state index in [1.165, 1.54) is 6.26 Å². The Morgan fingerprint density at radius 2 is 1.97 bits per heavy atom. The van der Waals surface area contributed by atoms with Crippen molar-refractivity contribution in [3.05, 3.63) is 66.4 Å². The number of thiazole rings is 1. The zero-order valence-electron chi connectivity index (χ0n) is 15.7. The fraction of sp³-hybridized carbons (Fsp3) is 0.143. The maximum absolute atomic E-state index is 12.1. The second-order valence-electron chi connectivity index (χ2n) is 6.52. The number of nitrogens with one attached hydrogen (secondary N) is 1. The molecule has 0 spiro atoms. The molecule has 0 atom stereocenters. The molecule has 1 aromatic carbocycles. The molecule has 0 radical (unpaired) electrons. The summed E-state index contributed by atoms with van der Waals surface area (Å²) in [6.45, 7) is 0.297. The monoisotopic (exact) mass is 420 g/mol. The summed E-state index contributed by atoms with van der Waals surface area (Å²) in [6, 6.07) is 15.1. The highest BCUT2D eigenvalue weighted by Gasteiger charge is 2.14. The van der Waals surface area contributed by atoms with Crippen LogP contribution in [0.1, 0.15) is 18.1 Å². The molecule has 0 saturated heterocycles. The maximum Gasteiger partial charge on any atom is 0.238 e. The number of hydrogen-bond donors (Lipinski definition) is 1. The fourth-order valence-electron chi connectivity index (χ4n) is 2.92. The molecule has 150 valence electrons. The van der Waals surface area contributed by atoms with Gasteiger partial charge >= 0.3 is 0 Å². The van der Waals surface area contributed by atoms with Gasteiger partial charge in [-0.05, 0) is 36.4 Å². The largest absolute Gasteiger partial charge is 0.461 e. The molecule has 5 rings (SSSR count). The van der Waals surface area contributed by atoms with E-state index >= 15 is 0 Å². The summed E-state index contributed by atoms with van der Waals surface area (Å²) in [5.74, 6) is 2.50. The number of carbonyl (C=O) groups is 1. The third-order valence-electron chi connectivity index (χ3n) is 4.40. The first-order chi connectivity index (χ1) is 14.7. The van der Waals surface area contributed by atoms with E-state index < -0.39 is 0 Å². The molecule has 0 fully saturated rings. The number of hydrogen-bond acceptors (Lipinski definition) is 8. The first-order valence-electron chi connectivity index (χ1n) is 9.32. The average Bonchev–Trinajstić information content (AvgIpc) is 3.55. The third-order valence-corrected chi connectivity index (χ3v) is 5.45. The Bertz CT molecular complexity index is 1250. The Kier molecular flexibility index (Phi) is 4.86. The number of carbonyl (C=O) groups excluding carboxylic acids is 1. The molecule has 4 aromatic heterocycles. The van der Waals surface area contributed by atoms with Gasteiger partial charge in [0.15, 0.2) is 16.5 Å². The molecule has 9 heteroatoms. The molecule has 5 aromatic rings. The molecule has 0 aliphatic carbocycles. The van der Waals surface area contributed by atoms with Gasteiger partial charge in [0.1, 0.15) is 5.76 Å². The first kappa shape index (κ1) is 18.3. The predicted molar refractivity (Wildman–Crippen MR) is 109 cm³/mol. The van der Waals surface area contributed by atoms with Gasteiger partial charge in [-0.2, -0.15) is 4.98 Å². The van der Waals surface area contributed by atoms with E-state index in [-0.39, 0.29) is 12.3 Å². The van der Waals surface area contributed by atoms with Gasteiger partial charge in [0.25, 0.3) is 0 Å². The van der Waals surface area contributed by atoms with Crippen molar-refractivity contribution in [2.24, 2.45) is 0 Å². The quantitative estimate of drug-likeness (QED) is 0.414. The van der Waals surface area contributed by atoms with Crippen LogP contribution in [0.3, 0.4) is 0 Å². The Morgan fingerprint density at radius 1 is 1.03 bits per heavy atom. The third kappa shape index (κ3) is 3.87. The summed E-state index contributed by atoms with van der Waals surface area (Å²) in [4.78, 5) is 21.0. The van der Waals surface area contributed by atoms with Gasteiger partial charge in [0, 0.05) is 12.8 Å². The van der Waals surface area contributed by atoms with Gasteiger partial charge < -0.3 is 18.7 Å². The van der Waals surface area contributed by atoms with Crippen LogP contribution < -0.4 is 5.32 Å². The van der Waals surface area contributed by atoms with Crippen molar-refractivity contribution in [2.75, 3.05) is 0 Å². The van der Waals surface area contributed by atoms with Crippen molar-refractivity contribution in [3.8, 4) is 22.4 Å². The van der Waals surface area contributed by atoms with E-state index in [1.807, 2.05) is 36.4 Å². The molecule has 0 saturated carbocycles. The van der Waals surface area contributed by atoms with Crippen LogP contribution in [-0.2, 0) is 17.8 Å².